The van der Waals surface area contributed by atoms with E-state index in [0.29, 0.717) is 6.04 Å². The molecule has 2 heterocycles. The molecule has 1 aromatic rings. The van der Waals surface area contributed by atoms with Crippen LogP contribution in [0.2, 0.25) is 0 Å². The first kappa shape index (κ1) is 7.25. The van der Waals surface area contributed by atoms with Gasteiger partial charge in [0.05, 0.1) is 0 Å². The van der Waals surface area contributed by atoms with Crippen molar-refractivity contribution >= 4 is 15.9 Å². The first-order valence-electron chi connectivity index (χ1n) is 3.72. The zero-order valence-corrected chi connectivity index (χ0v) is 7.63. The fourth-order valence-electron chi connectivity index (χ4n) is 1.21. The van der Waals surface area contributed by atoms with E-state index in [0.717, 1.165) is 11.1 Å². The molecular formula is C8H9BrN2. The number of halogens is 1. The highest BCUT2D eigenvalue weighted by Gasteiger charge is 2.20. The minimum Gasteiger partial charge on any atom is -0.310 e. The highest BCUT2D eigenvalue weighted by molar-refractivity contribution is 9.10. The fraction of sp³-hybridized carbons (Fsp3) is 0.375. The molecule has 0 bridgehead atoms. The lowest BCUT2D eigenvalue weighted by atomic mass is 10.0. The molecule has 1 fully saturated rings. The fourth-order valence-corrected chi connectivity index (χ4v) is 1.74. The second-order valence-electron chi connectivity index (χ2n) is 2.68. The maximum absolute atomic E-state index is 4.16. The van der Waals surface area contributed by atoms with E-state index in [4.69, 9.17) is 0 Å². The van der Waals surface area contributed by atoms with Crippen LogP contribution in [0.15, 0.2) is 22.9 Å². The maximum atomic E-state index is 4.16. The van der Waals surface area contributed by atoms with Crippen LogP contribution in [0.4, 0.5) is 0 Å². The number of rotatable bonds is 1. The van der Waals surface area contributed by atoms with Crippen LogP contribution in [0, 0.1) is 0 Å². The molecule has 1 saturated heterocycles. The SMILES string of the molecule is Brc1ncccc1[C@H]1CCN1. The molecular weight excluding hydrogens is 204 g/mol. The number of hydrogen-bond acceptors (Lipinski definition) is 2. The van der Waals surface area contributed by atoms with E-state index in [-0.39, 0.29) is 0 Å². The smallest absolute Gasteiger partial charge is 0.110 e. The second kappa shape index (κ2) is 2.91. The largest absolute Gasteiger partial charge is 0.310 e. The van der Waals surface area contributed by atoms with E-state index >= 15 is 0 Å². The number of nitrogens with zero attached hydrogens (tertiary/aromatic N) is 1. The van der Waals surface area contributed by atoms with Gasteiger partial charge in [-0.05, 0) is 35.0 Å². The van der Waals surface area contributed by atoms with E-state index in [1.165, 1.54) is 12.0 Å². The summed E-state index contributed by atoms with van der Waals surface area (Å²) in [5.41, 5.74) is 1.28. The first-order valence-corrected chi connectivity index (χ1v) is 4.51. The minimum atomic E-state index is 0.526. The summed E-state index contributed by atoms with van der Waals surface area (Å²) < 4.78 is 0.970. The van der Waals surface area contributed by atoms with Crippen LogP contribution in [0.3, 0.4) is 0 Å². The van der Waals surface area contributed by atoms with Gasteiger partial charge >= 0.3 is 0 Å². The van der Waals surface area contributed by atoms with Gasteiger partial charge in [-0.3, -0.25) is 0 Å². The van der Waals surface area contributed by atoms with Crippen molar-refractivity contribution < 1.29 is 0 Å². The van der Waals surface area contributed by atoms with E-state index in [1.54, 1.807) is 6.20 Å². The molecule has 1 aliphatic rings. The summed E-state index contributed by atoms with van der Waals surface area (Å²) >= 11 is 3.42. The molecule has 11 heavy (non-hydrogen) atoms. The lowest BCUT2D eigenvalue weighted by molar-refractivity contribution is 0.381. The maximum Gasteiger partial charge on any atom is 0.110 e. The van der Waals surface area contributed by atoms with Gasteiger partial charge in [0.1, 0.15) is 4.60 Å². The van der Waals surface area contributed by atoms with Gasteiger partial charge in [-0.25, -0.2) is 4.98 Å². The third-order valence-electron chi connectivity index (χ3n) is 1.99. The van der Waals surface area contributed by atoms with E-state index in [2.05, 4.69) is 32.3 Å². The van der Waals surface area contributed by atoms with Crippen LogP contribution >= 0.6 is 15.9 Å². The molecule has 0 aromatic carbocycles. The minimum absolute atomic E-state index is 0.526. The molecule has 0 spiro atoms. The van der Waals surface area contributed by atoms with Crippen LogP contribution in [0.25, 0.3) is 0 Å². The molecule has 2 rings (SSSR count). The van der Waals surface area contributed by atoms with Crippen molar-refractivity contribution in [3.8, 4) is 0 Å². The Kier molecular flexibility index (Phi) is 1.92. The van der Waals surface area contributed by atoms with Crippen molar-refractivity contribution in [2.75, 3.05) is 6.54 Å². The van der Waals surface area contributed by atoms with Gasteiger partial charge in [0.15, 0.2) is 0 Å². The number of hydrogen-bond donors (Lipinski definition) is 1. The highest BCUT2D eigenvalue weighted by atomic mass is 79.9. The summed E-state index contributed by atoms with van der Waals surface area (Å²) in [4.78, 5) is 4.16. The summed E-state index contributed by atoms with van der Waals surface area (Å²) in [5, 5.41) is 3.33. The zero-order chi connectivity index (χ0) is 7.68. The Morgan fingerprint density at radius 3 is 3.00 bits per heavy atom. The first-order chi connectivity index (χ1) is 5.38. The van der Waals surface area contributed by atoms with Gasteiger partial charge in [0.25, 0.3) is 0 Å². The molecule has 0 amide bonds. The highest BCUT2D eigenvalue weighted by Crippen LogP contribution is 2.27. The molecule has 1 aliphatic heterocycles. The molecule has 0 aliphatic carbocycles. The Balaban J connectivity index is 2.28. The van der Waals surface area contributed by atoms with Crippen molar-refractivity contribution in [1.82, 2.24) is 10.3 Å². The molecule has 1 atom stereocenters. The summed E-state index contributed by atoms with van der Waals surface area (Å²) in [6.07, 6.45) is 3.02. The predicted octanol–water partition coefficient (Wildman–Crippen LogP) is 1.88. The number of pyridine rings is 1. The van der Waals surface area contributed by atoms with E-state index in [9.17, 15) is 0 Å². The lowest BCUT2D eigenvalue weighted by Gasteiger charge is -2.28. The number of aromatic nitrogens is 1. The molecule has 3 heteroatoms. The van der Waals surface area contributed by atoms with Crippen LogP contribution < -0.4 is 5.32 Å². The van der Waals surface area contributed by atoms with Crippen molar-refractivity contribution in [1.29, 1.82) is 0 Å². The van der Waals surface area contributed by atoms with Gasteiger partial charge < -0.3 is 5.32 Å². The van der Waals surface area contributed by atoms with Crippen molar-refractivity contribution in [2.24, 2.45) is 0 Å². The van der Waals surface area contributed by atoms with Gasteiger partial charge in [0, 0.05) is 17.8 Å². The molecule has 0 unspecified atom stereocenters. The Hall–Kier alpha value is -0.410. The molecule has 58 valence electrons. The Bertz CT molecular complexity index is 258. The molecule has 1 N–H and O–H groups in total. The monoisotopic (exact) mass is 212 g/mol. The second-order valence-corrected chi connectivity index (χ2v) is 3.43. The predicted molar refractivity (Wildman–Crippen MR) is 47.3 cm³/mol. The van der Waals surface area contributed by atoms with Gasteiger partial charge in [-0.1, -0.05) is 6.07 Å². The zero-order valence-electron chi connectivity index (χ0n) is 6.05. The molecule has 2 nitrogen and oxygen atoms in total. The van der Waals surface area contributed by atoms with Crippen LogP contribution in [0.5, 0.6) is 0 Å². The average Bonchev–Trinajstić information content (AvgIpc) is 1.90. The lowest BCUT2D eigenvalue weighted by Crippen LogP contribution is -2.35. The molecule has 0 saturated carbocycles. The van der Waals surface area contributed by atoms with Crippen LogP contribution in [-0.2, 0) is 0 Å². The van der Waals surface area contributed by atoms with Crippen molar-refractivity contribution in [2.45, 2.75) is 12.5 Å². The van der Waals surface area contributed by atoms with Gasteiger partial charge in [-0.2, -0.15) is 0 Å². The Labute approximate surface area is 74.2 Å². The van der Waals surface area contributed by atoms with Crippen LogP contribution in [0.1, 0.15) is 18.0 Å². The quantitative estimate of drug-likeness (QED) is 0.720. The Morgan fingerprint density at radius 2 is 2.45 bits per heavy atom. The number of nitrogens with one attached hydrogen (secondary N) is 1. The Morgan fingerprint density at radius 1 is 1.64 bits per heavy atom. The van der Waals surface area contributed by atoms with Gasteiger partial charge in [0.2, 0.25) is 0 Å². The topological polar surface area (TPSA) is 24.9 Å². The normalized spacial score (nSPS) is 22.8. The average molecular weight is 213 g/mol. The van der Waals surface area contributed by atoms with E-state index in [1.807, 2.05) is 6.07 Å². The standard InChI is InChI=1S/C8H9BrN2/c9-8-6(2-1-4-11-8)7-3-5-10-7/h1-2,4,7,10H,3,5H2/t7-/m1/s1. The summed E-state index contributed by atoms with van der Waals surface area (Å²) in [7, 11) is 0. The van der Waals surface area contributed by atoms with Crippen molar-refractivity contribution in [3.05, 3.63) is 28.5 Å². The van der Waals surface area contributed by atoms with E-state index < -0.39 is 0 Å². The van der Waals surface area contributed by atoms with Gasteiger partial charge in [-0.15, -0.1) is 0 Å². The molecule has 1 aromatic heterocycles. The van der Waals surface area contributed by atoms with Crippen LogP contribution in [-0.4, -0.2) is 11.5 Å². The third-order valence-corrected chi connectivity index (χ3v) is 2.65. The third kappa shape index (κ3) is 1.30. The summed E-state index contributed by atoms with van der Waals surface area (Å²) in [5.74, 6) is 0. The molecule has 0 radical (unpaired) electrons. The summed E-state index contributed by atoms with van der Waals surface area (Å²) in [6, 6.07) is 4.60. The summed E-state index contributed by atoms with van der Waals surface area (Å²) in [6.45, 7) is 1.13. The van der Waals surface area contributed by atoms with Crippen molar-refractivity contribution in [3.63, 3.8) is 0 Å².